The molecule has 2 amide bonds. The van der Waals surface area contributed by atoms with Gasteiger partial charge in [0, 0.05) is 5.02 Å². The second-order valence-corrected chi connectivity index (χ2v) is 8.36. The van der Waals surface area contributed by atoms with Gasteiger partial charge in [0.2, 0.25) is 11.8 Å². The Kier molecular flexibility index (Phi) is 4.17. The van der Waals surface area contributed by atoms with Crippen molar-refractivity contribution in [1.82, 2.24) is 4.98 Å². The number of benzene rings is 1. The van der Waals surface area contributed by atoms with Crippen LogP contribution in [-0.4, -0.2) is 35.1 Å². The summed E-state index contributed by atoms with van der Waals surface area (Å²) in [4.78, 5) is 53.9. The van der Waals surface area contributed by atoms with Crippen LogP contribution in [0.2, 0.25) is 5.02 Å². The van der Waals surface area contributed by atoms with E-state index < -0.39 is 34.9 Å². The summed E-state index contributed by atoms with van der Waals surface area (Å²) < 4.78 is 4.85. The lowest BCUT2D eigenvalue weighted by atomic mass is 9.89. The summed E-state index contributed by atoms with van der Waals surface area (Å²) in [5, 5.41) is 0.114. The first-order valence-electron chi connectivity index (χ1n) is 7.53. The number of methoxy groups -OCH3 is 1. The molecule has 3 unspecified atom stereocenters. The molecule has 0 radical (unpaired) electrons. The molecule has 0 spiro atoms. The quantitative estimate of drug-likeness (QED) is 0.601. The summed E-state index contributed by atoms with van der Waals surface area (Å²) in [7, 11) is 1.21. The topological polar surface area (TPSA) is 96.5 Å². The number of carbonyl (C=O) groups is 3. The highest BCUT2D eigenvalue weighted by Gasteiger charge is 2.58. The van der Waals surface area contributed by atoms with E-state index >= 15 is 0 Å². The number of hydrogen-bond acceptors (Lipinski definition) is 7. The van der Waals surface area contributed by atoms with Crippen molar-refractivity contribution in [2.45, 2.75) is 16.2 Å². The van der Waals surface area contributed by atoms with Gasteiger partial charge < -0.3 is 9.72 Å². The number of hydrogen-bond donors (Lipinski definition) is 1. The summed E-state index contributed by atoms with van der Waals surface area (Å²) in [6, 6.07) is 6.31. The van der Waals surface area contributed by atoms with Crippen LogP contribution >= 0.6 is 34.7 Å². The second kappa shape index (κ2) is 6.26. The van der Waals surface area contributed by atoms with Crippen molar-refractivity contribution < 1.29 is 19.1 Å². The van der Waals surface area contributed by atoms with Crippen molar-refractivity contribution in [1.29, 1.82) is 0 Å². The minimum atomic E-state index is -0.987. The van der Waals surface area contributed by atoms with E-state index in [1.165, 1.54) is 7.11 Å². The lowest BCUT2D eigenvalue weighted by molar-refractivity contribution is -0.145. The van der Waals surface area contributed by atoms with E-state index in [1.54, 1.807) is 24.3 Å². The molecule has 0 saturated carbocycles. The van der Waals surface area contributed by atoms with Crippen LogP contribution in [0, 0.1) is 5.92 Å². The van der Waals surface area contributed by atoms with Gasteiger partial charge in [-0.1, -0.05) is 34.7 Å². The zero-order valence-corrected chi connectivity index (χ0v) is 15.6. The molecule has 3 atom stereocenters. The first-order valence-corrected chi connectivity index (χ1v) is 9.60. The molecular formula is C16H11ClN2O5S2. The van der Waals surface area contributed by atoms with Crippen molar-refractivity contribution in [2.75, 3.05) is 12.0 Å². The third-order valence-corrected chi connectivity index (χ3v) is 7.02. The molecule has 0 aliphatic carbocycles. The van der Waals surface area contributed by atoms with Crippen molar-refractivity contribution in [2.24, 2.45) is 5.92 Å². The smallest absolute Gasteiger partial charge is 0.314 e. The fourth-order valence-electron chi connectivity index (χ4n) is 3.24. The van der Waals surface area contributed by atoms with E-state index in [9.17, 15) is 19.2 Å². The van der Waals surface area contributed by atoms with Gasteiger partial charge in [0.05, 0.1) is 28.6 Å². The normalized spacial score (nSPS) is 24.4. The largest absolute Gasteiger partial charge is 0.469 e. The molecule has 1 fully saturated rings. The van der Waals surface area contributed by atoms with Crippen LogP contribution < -0.4 is 9.77 Å². The Morgan fingerprint density at radius 3 is 2.54 bits per heavy atom. The maximum absolute atomic E-state index is 13.1. The highest BCUT2D eigenvalue weighted by Crippen LogP contribution is 2.51. The number of thiazole rings is 1. The summed E-state index contributed by atoms with van der Waals surface area (Å²) >= 11 is 7.83. The molecule has 134 valence electrons. The van der Waals surface area contributed by atoms with Gasteiger partial charge in [-0.2, -0.15) is 0 Å². The van der Waals surface area contributed by atoms with Gasteiger partial charge in [0.15, 0.2) is 0 Å². The van der Waals surface area contributed by atoms with E-state index in [0.29, 0.717) is 20.6 Å². The Morgan fingerprint density at radius 1 is 1.19 bits per heavy atom. The summed E-state index contributed by atoms with van der Waals surface area (Å²) in [5.74, 6) is -3.47. The number of nitrogens with one attached hydrogen (secondary N) is 1. The molecule has 1 aromatic carbocycles. The number of H-pyrrole nitrogens is 1. The van der Waals surface area contributed by atoms with Gasteiger partial charge in [-0.25, -0.2) is 4.90 Å². The number of amides is 2. The molecule has 2 aliphatic rings. The Morgan fingerprint density at radius 2 is 1.88 bits per heavy atom. The minimum Gasteiger partial charge on any atom is -0.469 e. The first-order chi connectivity index (χ1) is 12.4. The summed E-state index contributed by atoms with van der Waals surface area (Å²) in [6.45, 7) is 0. The molecule has 2 aliphatic heterocycles. The average molecular weight is 411 g/mol. The van der Waals surface area contributed by atoms with Crippen LogP contribution in [0.15, 0.2) is 34.1 Å². The molecule has 7 nitrogen and oxygen atoms in total. The number of aromatic nitrogens is 1. The Labute approximate surface area is 160 Å². The number of imide groups is 1. The lowest BCUT2D eigenvalue weighted by Crippen LogP contribution is -2.35. The standard InChI is InChI=1S/C16H11ClN2O5S2/c1-24-15(22)9-8-11(25-12-10(9)26-16(23)18-12)14(21)19(13(8)20)7-4-2-6(17)3-5-7/h2-5,8-9,11H,1H3,(H,18,23). The Bertz CT molecular complexity index is 983. The number of fused-ring (bicyclic) bond motifs is 2. The fraction of sp³-hybridized carbons (Fsp3) is 0.250. The Balaban J connectivity index is 1.81. The Hall–Kier alpha value is -2.10. The van der Waals surface area contributed by atoms with Gasteiger partial charge in [-0.3, -0.25) is 19.2 Å². The molecule has 0 bridgehead atoms. The van der Waals surface area contributed by atoms with E-state index in [0.717, 1.165) is 28.0 Å². The molecule has 1 N–H and O–H groups in total. The zero-order valence-electron chi connectivity index (χ0n) is 13.2. The number of aromatic amines is 1. The molecular weight excluding hydrogens is 400 g/mol. The first kappa shape index (κ1) is 17.3. The number of anilines is 1. The number of ether oxygens (including phenoxy) is 1. The predicted molar refractivity (Wildman–Crippen MR) is 96.8 cm³/mol. The molecule has 26 heavy (non-hydrogen) atoms. The number of halogens is 1. The maximum Gasteiger partial charge on any atom is 0.314 e. The summed E-state index contributed by atoms with van der Waals surface area (Å²) in [6.07, 6.45) is 0. The van der Waals surface area contributed by atoms with Crippen LogP contribution in [0.5, 0.6) is 0 Å². The van der Waals surface area contributed by atoms with Crippen LogP contribution in [0.1, 0.15) is 10.8 Å². The van der Waals surface area contributed by atoms with Crippen LogP contribution in [0.4, 0.5) is 5.69 Å². The van der Waals surface area contributed by atoms with E-state index in [1.807, 2.05) is 0 Å². The van der Waals surface area contributed by atoms with Crippen LogP contribution in [0.25, 0.3) is 0 Å². The van der Waals surface area contributed by atoms with Gasteiger partial charge in [0.25, 0.3) is 0 Å². The monoisotopic (exact) mass is 410 g/mol. The fourth-order valence-corrected chi connectivity index (χ4v) is 5.84. The van der Waals surface area contributed by atoms with Gasteiger partial charge in [0.1, 0.15) is 11.2 Å². The van der Waals surface area contributed by atoms with E-state index in [2.05, 4.69) is 4.98 Å². The molecule has 1 saturated heterocycles. The second-order valence-electron chi connectivity index (χ2n) is 5.76. The number of nitrogens with zero attached hydrogens (tertiary/aromatic N) is 1. The minimum absolute atomic E-state index is 0.342. The number of esters is 1. The van der Waals surface area contributed by atoms with Crippen molar-refractivity contribution >= 4 is 58.2 Å². The van der Waals surface area contributed by atoms with Crippen LogP contribution in [-0.2, 0) is 19.1 Å². The van der Waals surface area contributed by atoms with Gasteiger partial charge >= 0.3 is 10.8 Å². The van der Waals surface area contributed by atoms with Crippen molar-refractivity contribution in [3.05, 3.63) is 43.8 Å². The average Bonchev–Trinajstić information content (AvgIpc) is 3.11. The number of carbonyl (C=O) groups excluding carboxylic acids is 3. The number of rotatable bonds is 2. The van der Waals surface area contributed by atoms with E-state index in [4.69, 9.17) is 16.3 Å². The molecule has 1 aromatic heterocycles. The molecule has 10 heteroatoms. The van der Waals surface area contributed by atoms with Crippen LogP contribution in [0.3, 0.4) is 0 Å². The van der Waals surface area contributed by atoms with E-state index in [-0.39, 0.29) is 4.87 Å². The zero-order chi connectivity index (χ0) is 18.6. The molecule has 4 rings (SSSR count). The van der Waals surface area contributed by atoms with Gasteiger partial charge in [-0.05, 0) is 24.3 Å². The van der Waals surface area contributed by atoms with Crippen molar-refractivity contribution in [3.8, 4) is 0 Å². The third kappa shape index (κ3) is 2.50. The predicted octanol–water partition coefficient (Wildman–Crippen LogP) is 2.01. The molecule has 2 aromatic rings. The number of thioether (sulfide) groups is 1. The highest BCUT2D eigenvalue weighted by molar-refractivity contribution is 8.00. The third-order valence-electron chi connectivity index (χ3n) is 4.36. The van der Waals surface area contributed by atoms with Gasteiger partial charge in [-0.15, -0.1) is 0 Å². The molecule has 3 heterocycles. The lowest BCUT2D eigenvalue weighted by Gasteiger charge is -2.27. The van der Waals surface area contributed by atoms with Crippen molar-refractivity contribution in [3.63, 3.8) is 0 Å². The highest BCUT2D eigenvalue weighted by atomic mass is 35.5. The maximum atomic E-state index is 13.1. The SMILES string of the molecule is COC(=O)C1c2sc(=O)[nH]c2SC2C(=O)N(c3ccc(Cl)cc3)C(=O)C21. The summed E-state index contributed by atoms with van der Waals surface area (Å²) in [5.41, 5.74) is 0.389.